The zero-order chi connectivity index (χ0) is 14.8. The number of nitro groups is 1. The predicted molar refractivity (Wildman–Crippen MR) is 70.0 cm³/mol. The van der Waals surface area contributed by atoms with Gasteiger partial charge >= 0.3 is 5.69 Å². The van der Waals surface area contributed by atoms with E-state index in [4.69, 9.17) is 14.2 Å². The van der Waals surface area contributed by atoms with Crippen LogP contribution in [0.25, 0.3) is 0 Å². The fourth-order valence-electron chi connectivity index (χ4n) is 1.50. The van der Waals surface area contributed by atoms with Crippen LogP contribution in [0.2, 0.25) is 0 Å². The van der Waals surface area contributed by atoms with Crippen molar-refractivity contribution in [3.63, 3.8) is 0 Å². The molecule has 0 aliphatic rings. The van der Waals surface area contributed by atoms with Crippen LogP contribution in [0, 0.1) is 15.9 Å². The zero-order valence-corrected chi connectivity index (χ0v) is 11.3. The summed E-state index contributed by atoms with van der Waals surface area (Å²) in [5.74, 6) is -0.855. The second-order valence-corrected chi connectivity index (χ2v) is 4.05. The van der Waals surface area contributed by atoms with Gasteiger partial charge in [-0.3, -0.25) is 10.1 Å². The van der Waals surface area contributed by atoms with Crippen molar-refractivity contribution in [1.29, 1.82) is 0 Å². The topological polar surface area (TPSA) is 70.8 Å². The molecule has 112 valence electrons. The van der Waals surface area contributed by atoms with Crippen LogP contribution in [0.1, 0.15) is 12.0 Å². The first kappa shape index (κ1) is 16.5. The second kappa shape index (κ2) is 9.35. The van der Waals surface area contributed by atoms with Gasteiger partial charge in [0.1, 0.15) is 0 Å². The van der Waals surface area contributed by atoms with Gasteiger partial charge in [0.05, 0.1) is 24.7 Å². The number of benzene rings is 1. The lowest BCUT2D eigenvalue weighted by Gasteiger charge is -2.06. The molecule has 0 N–H and O–H groups in total. The van der Waals surface area contributed by atoms with Crippen LogP contribution >= 0.6 is 0 Å². The Kier molecular flexibility index (Phi) is 7.71. The normalized spacial score (nSPS) is 10.7. The molecule has 1 aromatic carbocycles. The molecule has 0 spiro atoms. The Hall–Kier alpha value is -1.57. The van der Waals surface area contributed by atoms with Gasteiger partial charge in [-0.25, -0.2) is 0 Å². The highest BCUT2D eigenvalue weighted by Gasteiger charge is 2.13. The number of nitrogens with zero attached hydrogens (tertiary/aromatic N) is 1. The molecule has 0 aromatic heterocycles. The first-order valence-electron chi connectivity index (χ1n) is 6.22. The fraction of sp³-hybridized carbons (Fsp3) is 0.538. The Bertz CT molecular complexity index is 427. The Morgan fingerprint density at radius 3 is 2.60 bits per heavy atom. The average Bonchev–Trinajstić information content (AvgIpc) is 2.41. The maximum absolute atomic E-state index is 13.3. The maximum atomic E-state index is 13.3. The largest absolute Gasteiger partial charge is 0.385 e. The number of ether oxygens (including phenoxy) is 3. The highest BCUT2D eigenvalue weighted by Crippen LogP contribution is 2.18. The van der Waals surface area contributed by atoms with Crippen molar-refractivity contribution in [2.75, 3.05) is 33.5 Å². The summed E-state index contributed by atoms with van der Waals surface area (Å²) in [4.78, 5) is 9.69. The zero-order valence-electron chi connectivity index (χ0n) is 11.3. The molecule has 0 radical (unpaired) electrons. The Labute approximate surface area is 116 Å². The van der Waals surface area contributed by atoms with E-state index in [2.05, 4.69) is 0 Å². The molecule has 6 nitrogen and oxygen atoms in total. The van der Waals surface area contributed by atoms with Crippen LogP contribution in [0.4, 0.5) is 10.1 Å². The van der Waals surface area contributed by atoms with E-state index in [9.17, 15) is 14.5 Å². The van der Waals surface area contributed by atoms with Crippen LogP contribution in [-0.4, -0.2) is 38.5 Å². The summed E-state index contributed by atoms with van der Waals surface area (Å²) in [5, 5.41) is 10.4. The Morgan fingerprint density at radius 1 is 1.20 bits per heavy atom. The minimum atomic E-state index is -0.855. The molecule has 0 saturated carbocycles. The fourth-order valence-corrected chi connectivity index (χ4v) is 1.50. The number of hydrogen-bond acceptors (Lipinski definition) is 5. The number of nitro benzene ring substituents is 1. The van der Waals surface area contributed by atoms with E-state index in [1.165, 1.54) is 6.07 Å². The van der Waals surface area contributed by atoms with Crippen LogP contribution in [0.15, 0.2) is 18.2 Å². The van der Waals surface area contributed by atoms with E-state index in [-0.39, 0.29) is 6.61 Å². The number of methoxy groups -OCH3 is 1. The summed E-state index contributed by atoms with van der Waals surface area (Å²) in [6, 6.07) is 3.72. The van der Waals surface area contributed by atoms with Gasteiger partial charge in [-0.05, 0) is 24.1 Å². The molecule has 1 rings (SSSR count). The summed E-state index contributed by atoms with van der Waals surface area (Å²) in [7, 11) is 1.63. The van der Waals surface area contributed by atoms with E-state index in [1.807, 2.05) is 0 Å². The third kappa shape index (κ3) is 6.05. The summed E-state index contributed by atoms with van der Waals surface area (Å²) in [6.07, 6.45) is 0.823. The Balaban J connectivity index is 2.19. The van der Waals surface area contributed by atoms with E-state index in [1.54, 1.807) is 7.11 Å². The van der Waals surface area contributed by atoms with Gasteiger partial charge in [-0.2, -0.15) is 4.39 Å². The Morgan fingerprint density at radius 2 is 1.95 bits per heavy atom. The molecular weight excluding hydrogens is 269 g/mol. The van der Waals surface area contributed by atoms with Crippen molar-refractivity contribution in [3.8, 4) is 0 Å². The van der Waals surface area contributed by atoms with Gasteiger partial charge in [0, 0.05) is 26.4 Å². The van der Waals surface area contributed by atoms with Gasteiger partial charge in [0.15, 0.2) is 0 Å². The molecule has 0 atom stereocenters. The van der Waals surface area contributed by atoms with Crippen molar-refractivity contribution in [1.82, 2.24) is 0 Å². The van der Waals surface area contributed by atoms with E-state index in [0.29, 0.717) is 32.0 Å². The third-order valence-corrected chi connectivity index (χ3v) is 2.49. The van der Waals surface area contributed by atoms with Crippen molar-refractivity contribution in [2.45, 2.75) is 13.0 Å². The molecule has 0 unspecified atom stereocenters. The molecule has 0 heterocycles. The van der Waals surface area contributed by atoms with Crippen molar-refractivity contribution in [2.24, 2.45) is 0 Å². The van der Waals surface area contributed by atoms with Crippen LogP contribution in [0.3, 0.4) is 0 Å². The number of hydrogen-bond donors (Lipinski definition) is 0. The lowest BCUT2D eigenvalue weighted by atomic mass is 10.2. The molecule has 0 aliphatic carbocycles. The molecule has 0 amide bonds. The summed E-state index contributed by atoms with van der Waals surface area (Å²) < 4.78 is 28.8. The highest BCUT2D eigenvalue weighted by molar-refractivity contribution is 5.34. The summed E-state index contributed by atoms with van der Waals surface area (Å²) >= 11 is 0. The SMILES string of the molecule is COCCCOCCOCc1ccc([N+](=O)[O-])c(F)c1. The second-order valence-electron chi connectivity index (χ2n) is 4.05. The minimum Gasteiger partial charge on any atom is -0.385 e. The average molecular weight is 287 g/mol. The lowest BCUT2D eigenvalue weighted by Crippen LogP contribution is -2.06. The molecule has 0 fully saturated rings. The molecule has 0 aliphatic heterocycles. The highest BCUT2D eigenvalue weighted by atomic mass is 19.1. The van der Waals surface area contributed by atoms with Gasteiger partial charge in [-0.1, -0.05) is 0 Å². The van der Waals surface area contributed by atoms with Gasteiger partial charge in [-0.15, -0.1) is 0 Å². The maximum Gasteiger partial charge on any atom is 0.304 e. The third-order valence-electron chi connectivity index (χ3n) is 2.49. The monoisotopic (exact) mass is 287 g/mol. The van der Waals surface area contributed by atoms with E-state index < -0.39 is 16.4 Å². The molecule has 0 bridgehead atoms. The van der Waals surface area contributed by atoms with Gasteiger partial charge < -0.3 is 14.2 Å². The van der Waals surface area contributed by atoms with Gasteiger partial charge in [0.2, 0.25) is 5.82 Å². The molecular formula is C13H18FNO5. The van der Waals surface area contributed by atoms with E-state index in [0.717, 1.165) is 18.6 Å². The standard InChI is InChI=1S/C13H18FNO5/c1-18-5-2-6-19-7-8-20-10-11-3-4-13(15(16)17)12(14)9-11/h3-4,9H,2,5-8,10H2,1H3. The van der Waals surface area contributed by atoms with Crippen LogP contribution in [-0.2, 0) is 20.8 Å². The quantitative estimate of drug-likeness (QED) is 0.375. The molecule has 0 saturated heterocycles. The van der Waals surface area contributed by atoms with Crippen LogP contribution in [0.5, 0.6) is 0 Å². The number of rotatable bonds is 10. The molecule has 7 heteroatoms. The summed E-state index contributed by atoms with van der Waals surface area (Å²) in [5.41, 5.74) is 0.0164. The van der Waals surface area contributed by atoms with Crippen molar-refractivity contribution >= 4 is 5.69 Å². The summed E-state index contributed by atoms with van der Waals surface area (Å²) in [6.45, 7) is 2.27. The van der Waals surface area contributed by atoms with Gasteiger partial charge in [0.25, 0.3) is 0 Å². The minimum absolute atomic E-state index is 0.191. The van der Waals surface area contributed by atoms with Crippen LogP contribution < -0.4 is 0 Å². The first-order chi connectivity index (χ1) is 9.65. The molecule has 20 heavy (non-hydrogen) atoms. The number of halogens is 1. The van der Waals surface area contributed by atoms with E-state index >= 15 is 0 Å². The predicted octanol–water partition coefficient (Wildman–Crippen LogP) is 2.30. The first-order valence-corrected chi connectivity index (χ1v) is 6.22. The van der Waals surface area contributed by atoms with Crippen molar-refractivity contribution < 1.29 is 23.5 Å². The smallest absolute Gasteiger partial charge is 0.304 e. The lowest BCUT2D eigenvalue weighted by molar-refractivity contribution is -0.387. The van der Waals surface area contributed by atoms with Crippen molar-refractivity contribution in [3.05, 3.63) is 39.7 Å². The molecule has 1 aromatic rings.